The number of carbonyl (C=O) groups is 2. The van der Waals surface area contributed by atoms with Crippen molar-refractivity contribution in [3.8, 4) is 11.4 Å². The minimum atomic E-state index is -0.192. The SMILES string of the molecule is CC(C)(C)c1ccc(C(=O)Nc2cccc(NC(=O)C3CCCN(Cc4nc(-c5ccc(C(C)(C)C)cc5)no4)C3)c2)cc1. The molecule has 2 heterocycles. The first-order valence-corrected chi connectivity index (χ1v) is 15.3. The van der Waals surface area contributed by atoms with Crippen LogP contribution in [-0.2, 0) is 22.2 Å². The molecule has 1 aliphatic rings. The lowest BCUT2D eigenvalue weighted by Gasteiger charge is -2.30. The lowest BCUT2D eigenvalue weighted by molar-refractivity contribution is -0.121. The van der Waals surface area contributed by atoms with Crippen molar-refractivity contribution in [1.82, 2.24) is 15.0 Å². The van der Waals surface area contributed by atoms with Crippen LogP contribution in [0, 0.1) is 5.92 Å². The van der Waals surface area contributed by atoms with Crippen LogP contribution in [0.3, 0.4) is 0 Å². The van der Waals surface area contributed by atoms with Crippen LogP contribution in [0.25, 0.3) is 11.4 Å². The summed E-state index contributed by atoms with van der Waals surface area (Å²) in [4.78, 5) is 32.9. The minimum absolute atomic E-state index is 0.0205. The number of piperidine rings is 1. The third kappa shape index (κ3) is 7.80. The number of carbonyl (C=O) groups excluding carboxylic acids is 2. The van der Waals surface area contributed by atoms with Crippen molar-refractivity contribution < 1.29 is 14.1 Å². The summed E-state index contributed by atoms with van der Waals surface area (Å²) >= 11 is 0. The number of hydrogen-bond acceptors (Lipinski definition) is 6. The Kier molecular flexibility index (Phi) is 9.02. The molecule has 0 saturated carbocycles. The van der Waals surface area contributed by atoms with Crippen LogP contribution in [0.2, 0.25) is 0 Å². The van der Waals surface area contributed by atoms with Gasteiger partial charge in [-0.1, -0.05) is 89.2 Å². The van der Waals surface area contributed by atoms with Gasteiger partial charge in [-0.05, 0) is 71.7 Å². The molecule has 44 heavy (non-hydrogen) atoms. The standard InChI is InChI=1S/C36H43N5O3/c1-35(2,3)27-16-12-24(13-17-27)32-39-31(44-40-32)23-41-20-8-9-26(22-41)34(43)38-30-11-7-10-29(21-30)37-33(42)25-14-18-28(19-15-25)36(4,5)6/h7,10-19,21,26H,8-9,20,22-23H2,1-6H3,(H,37,42)(H,38,43). The van der Waals surface area contributed by atoms with Gasteiger partial charge in [0.1, 0.15) is 0 Å². The summed E-state index contributed by atoms with van der Waals surface area (Å²) in [5.41, 5.74) is 5.29. The van der Waals surface area contributed by atoms with Crippen molar-refractivity contribution in [2.75, 3.05) is 23.7 Å². The fraction of sp³-hybridized carbons (Fsp3) is 0.389. The van der Waals surface area contributed by atoms with E-state index in [0.29, 0.717) is 41.7 Å². The zero-order valence-electron chi connectivity index (χ0n) is 26.6. The monoisotopic (exact) mass is 593 g/mol. The molecular weight excluding hydrogens is 550 g/mol. The fourth-order valence-corrected chi connectivity index (χ4v) is 5.40. The van der Waals surface area contributed by atoms with Crippen LogP contribution in [-0.4, -0.2) is 39.9 Å². The number of aromatic nitrogens is 2. The Balaban J connectivity index is 1.15. The highest BCUT2D eigenvalue weighted by Crippen LogP contribution is 2.27. The number of rotatable bonds is 7. The minimum Gasteiger partial charge on any atom is -0.338 e. The summed E-state index contributed by atoms with van der Waals surface area (Å²) < 4.78 is 5.57. The molecule has 1 aliphatic heterocycles. The number of nitrogens with one attached hydrogen (secondary N) is 2. The molecule has 1 saturated heterocycles. The first-order valence-electron chi connectivity index (χ1n) is 15.3. The average molecular weight is 594 g/mol. The van der Waals surface area contributed by atoms with Crippen molar-refractivity contribution >= 4 is 23.2 Å². The van der Waals surface area contributed by atoms with Crippen molar-refractivity contribution in [2.24, 2.45) is 5.92 Å². The zero-order chi connectivity index (χ0) is 31.5. The number of amides is 2. The molecule has 1 fully saturated rings. The molecule has 3 aromatic carbocycles. The smallest absolute Gasteiger partial charge is 0.255 e. The van der Waals surface area contributed by atoms with Gasteiger partial charge >= 0.3 is 0 Å². The second kappa shape index (κ2) is 12.7. The van der Waals surface area contributed by atoms with Crippen molar-refractivity contribution in [3.05, 3.63) is 95.4 Å². The van der Waals surface area contributed by atoms with Crippen molar-refractivity contribution in [1.29, 1.82) is 0 Å². The molecule has 230 valence electrons. The molecule has 5 rings (SSSR count). The van der Waals surface area contributed by atoms with E-state index in [2.05, 4.69) is 79.3 Å². The third-order valence-electron chi connectivity index (χ3n) is 8.11. The molecule has 0 radical (unpaired) electrons. The van der Waals surface area contributed by atoms with Gasteiger partial charge < -0.3 is 15.2 Å². The molecule has 1 unspecified atom stereocenters. The first kappa shape index (κ1) is 31.1. The molecular formula is C36H43N5O3. The van der Waals surface area contributed by atoms with Gasteiger partial charge in [-0.3, -0.25) is 14.5 Å². The van der Waals surface area contributed by atoms with Crippen molar-refractivity contribution in [3.63, 3.8) is 0 Å². The van der Waals surface area contributed by atoms with Crippen LogP contribution < -0.4 is 10.6 Å². The maximum atomic E-state index is 13.2. The Morgan fingerprint density at radius 3 is 2.11 bits per heavy atom. The normalized spacial score (nSPS) is 16.0. The van der Waals surface area contributed by atoms with Gasteiger partial charge in [0.05, 0.1) is 12.5 Å². The van der Waals surface area contributed by atoms with Gasteiger partial charge in [0.25, 0.3) is 5.91 Å². The van der Waals surface area contributed by atoms with E-state index in [1.165, 1.54) is 11.1 Å². The second-order valence-corrected chi connectivity index (χ2v) is 13.8. The maximum Gasteiger partial charge on any atom is 0.255 e. The van der Waals surface area contributed by atoms with Gasteiger partial charge in [-0.25, -0.2) is 0 Å². The van der Waals surface area contributed by atoms with Gasteiger partial charge in [-0.15, -0.1) is 0 Å². The lowest BCUT2D eigenvalue weighted by atomic mass is 9.86. The quantitative estimate of drug-likeness (QED) is 0.231. The molecule has 1 aromatic heterocycles. The Morgan fingerprint density at radius 1 is 0.864 bits per heavy atom. The summed E-state index contributed by atoms with van der Waals surface area (Å²) in [5.74, 6) is 0.706. The Morgan fingerprint density at radius 2 is 1.48 bits per heavy atom. The van der Waals surface area contributed by atoms with E-state index in [-0.39, 0.29) is 28.6 Å². The Bertz CT molecular complexity index is 1590. The van der Waals surface area contributed by atoms with Gasteiger partial charge in [0, 0.05) is 29.0 Å². The Labute approximate surface area is 260 Å². The summed E-state index contributed by atoms with van der Waals surface area (Å²) in [7, 11) is 0. The predicted molar refractivity (Wildman–Crippen MR) is 175 cm³/mol. The number of anilines is 2. The molecule has 8 nitrogen and oxygen atoms in total. The highest BCUT2D eigenvalue weighted by Gasteiger charge is 2.27. The third-order valence-corrected chi connectivity index (χ3v) is 8.11. The predicted octanol–water partition coefficient (Wildman–Crippen LogP) is 7.43. The second-order valence-electron chi connectivity index (χ2n) is 13.8. The maximum absolute atomic E-state index is 13.2. The van der Waals surface area contributed by atoms with Crippen LogP contribution >= 0.6 is 0 Å². The molecule has 1 atom stereocenters. The van der Waals surface area contributed by atoms with E-state index in [9.17, 15) is 9.59 Å². The molecule has 0 aliphatic carbocycles. The fourth-order valence-electron chi connectivity index (χ4n) is 5.40. The van der Waals surface area contributed by atoms with E-state index in [1.54, 1.807) is 6.07 Å². The average Bonchev–Trinajstić information content (AvgIpc) is 3.45. The summed E-state index contributed by atoms with van der Waals surface area (Å²) in [6.45, 7) is 14.9. The largest absolute Gasteiger partial charge is 0.338 e. The van der Waals surface area contributed by atoms with Gasteiger partial charge in [0.2, 0.25) is 17.6 Å². The van der Waals surface area contributed by atoms with Crippen LogP contribution in [0.15, 0.2) is 77.3 Å². The molecule has 8 heteroatoms. The topological polar surface area (TPSA) is 100 Å². The highest BCUT2D eigenvalue weighted by molar-refractivity contribution is 6.04. The van der Waals surface area contributed by atoms with E-state index < -0.39 is 0 Å². The van der Waals surface area contributed by atoms with Crippen molar-refractivity contribution in [2.45, 2.75) is 71.8 Å². The van der Waals surface area contributed by atoms with E-state index in [1.807, 2.05) is 54.6 Å². The Hall–Kier alpha value is -4.30. The lowest BCUT2D eigenvalue weighted by Crippen LogP contribution is -2.40. The van der Waals surface area contributed by atoms with E-state index in [0.717, 1.165) is 24.9 Å². The summed E-state index contributed by atoms with van der Waals surface area (Å²) in [6.07, 6.45) is 1.70. The number of likely N-dealkylation sites (tertiary alicyclic amines) is 1. The van der Waals surface area contributed by atoms with Gasteiger partial charge in [-0.2, -0.15) is 4.98 Å². The van der Waals surface area contributed by atoms with Gasteiger partial charge in [0.15, 0.2) is 0 Å². The number of benzene rings is 3. The zero-order valence-corrected chi connectivity index (χ0v) is 26.6. The molecule has 0 bridgehead atoms. The van der Waals surface area contributed by atoms with E-state index in [4.69, 9.17) is 4.52 Å². The summed E-state index contributed by atoms with van der Waals surface area (Å²) in [6, 6.07) is 23.2. The first-order chi connectivity index (χ1) is 20.8. The van der Waals surface area contributed by atoms with Crippen LogP contribution in [0.1, 0.15) is 81.8 Å². The van der Waals surface area contributed by atoms with E-state index >= 15 is 0 Å². The summed E-state index contributed by atoms with van der Waals surface area (Å²) in [5, 5.41) is 10.2. The highest BCUT2D eigenvalue weighted by atomic mass is 16.5. The van der Waals surface area contributed by atoms with Crippen LogP contribution in [0.4, 0.5) is 11.4 Å². The number of hydrogen-bond donors (Lipinski definition) is 2. The molecule has 2 N–H and O–H groups in total. The number of nitrogens with zero attached hydrogens (tertiary/aromatic N) is 3. The molecule has 2 amide bonds. The van der Waals surface area contributed by atoms with Crippen LogP contribution in [0.5, 0.6) is 0 Å². The molecule has 4 aromatic rings. The molecule has 0 spiro atoms.